The summed E-state index contributed by atoms with van der Waals surface area (Å²) in [5.74, 6) is 0. The molecular weight excluding hydrogens is 224 g/mol. The monoisotopic (exact) mass is 254 g/mol. The Morgan fingerprint density at radius 1 is 1.39 bits per heavy atom. The van der Waals surface area contributed by atoms with Gasteiger partial charge in [0.05, 0.1) is 12.2 Å². The van der Waals surface area contributed by atoms with Gasteiger partial charge in [0.15, 0.2) is 0 Å². The van der Waals surface area contributed by atoms with E-state index in [2.05, 4.69) is 39.2 Å². The first-order chi connectivity index (χ1) is 8.32. The third-order valence-electron chi connectivity index (χ3n) is 4.21. The Balaban J connectivity index is 2.49. The number of ether oxygens (including phenoxy) is 1. The molecule has 1 saturated heterocycles. The summed E-state index contributed by atoms with van der Waals surface area (Å²) in [5.41, 5.74) is 7.12. The van der Waals surface area contributed by atoms with Crippen LogP contribution in [-0.2, 0) is 4.74 Å². The molecule has 0 aromatic heterocycles. The van der Waals surface area contributed by atoms with Crippen molar-refractivity contribution in [3.05, 3.63) is 12.2 Å². The van der Waals surface area contributed by atoms with Crippen molar-refractivity contribution >= 4 is 0 Å². The van der Waals surface area contributed by atoms with E-state index in [1.54, 1.807) is 0 Å². The van der Waals surface area contributed by atoms with Crippen LogP contribution in [0.3, 0.4) is 0 Å². The van der Waals surface area contributed by atoms with Crippen molar-refractivity contribution in [3.63, 3.8) is 0 Å². The summed E-state index contributed by atoms with van der Waals surface area (Å²) < 4.78 is 5.86. The molecule has 1 aliphatic heterocycles. The van der Waals surface area contributed by atoms with Gasteiger partial charge in [0.1, 0.15) is 0 Å². The topological polar surface area (TPSA) is 38.5 Å². The van der Waals surface area contributed by atoms with Crippen LogP contribution in [0.25, 0.3) is 0 Å². The molecular formula is C15H30N2O. The smallest absolute Gasteiger partial charge is 0.0703 e. The number of nitrogens with two attached hydrogens (primary N) is 1. The van der Waals surface area contributed by atoms with E-state index in [0.717, 1.165) is 25.0 Å². The minimum atomic E-state index is 0.138. The lowest BCUT2D eigenvalue weighted by molar-refractivity contribution is -0.111. The molecule has 0 spiro atoms. The Kier molecular flexibility index (Phi) is 5.83. The maximum Gasteiger partial charge on any atom is 0.0703 e. The van der Waals surface area contributed by atoms with Crippen molar-refractivity contribution in [2.45, 2.75) is 77.8 Å². The van der Waals surface area contributed by atoms with E-state index in [9.17, 15) is 0 Å². The van der Waals surface area contributed by atoms with Gasteiger partial charge < -0.3 is 10.5 Å². The SMILES string of the molecule is C=C(C)C(N)CCC(C)N1CC(C)OC(C)C1C. The Bertz CT molecular complexity index is 280. The van der Waals surface area contributed by atoms with Crippen LogP contribution in [-0.4, -0.2) is 41.8 Å². The predicted molar refractivity (Wildman–Crippen MR) is 77.7 cm³/mol. The van der Waals surface area contributed by atoms with E-state index in [-0.39, 0.29) is 6.04 Å². The molecule has 0 aromatic carbocycles. The third-order valence-corrected chi connectivity index (χ3v) is 4.21. The first-order valence-corrected chi connectivity index (χ1v) is 7.15. The van der Waals surface area contributed by atoms with Gasteiger partial charge in [-0.15, -0.1) is 0 Å². The van der Waals surface area contributed by atoms with Crippen molar-refractivity contribution in [2.75, 3.05) is 6.54 Å². The standard InChI is InChI=1S/C15H30N2O/c1-10(2)15(16)8-7-11(3)17-9-12(4)18-14(6)13(17)5/h11-15H,1,7-9,16H2,2-6H3. The normalized spacial score (nSPS) is 33.1. The van der Waals surface area contributed by atoms with Crippen molar-refractivity contribution < 1.29 is 4.74 Å². The Labute approximate surface area is 112 Å². The van der Waals surface area contributed by atoms with E-state index >= 15 is 0 Å². The highest BCUT2D eigenvalue weighted by Crippen LogP contribution is 2.22. The maximum absolute atomic E-state index is 6.04. The molecule has 0 aromatic rings. The average Bonchev–Trinajstić information content (AvgIpc) is 2.29. The molecule has 3 heteroatoms. The fourth-order valence-corrected chi connectivity index (χ4v) is 2.67. The second kappa shape index (κ2) is 6.69. The van der Waals surface area contributed by atoms with Gasteiger partial charge in [0.2, 0.25) is 0 Å². The number of hydrogen-bond acceptors (Lipinski definition) is 3. The highest BCUT2D eigenvalue weighted by Gasteiger charge is 2.32. The Hall–Kier alpha value is -0.380. The molecule has 1 rings (SSSR count). The van der Waals surface area contributed by atoms with Crippen LogP contribution in [0.2, 0.25) is 0 Å². The van der Waals surface area contributed by atoms with Gasteiger partial charge in [-0.3, -0.25) is 4.90 Å². The molecule has 0 radical (unpaired) electrons. The zero-order valence-corrected chi connectivity index (χ0v) is 12.6. The second-order valence-corrected chi connectivity index (χ2v) is 5.97. The van der Waals surface area contributed by atoms with Gasteiger partial charge in [-0.2, -0.15) is 0 Å². The van der Waals surface area contributed by atoms with E-state index in [4.69, 9.17) is 10.5 Å². The van der Waals surface area contributed by atoms with E-state index in [1.165, 1.54) is 0 Å². The van der Waals surface area contributed by atoms with Gasteiger partial charge in [-0.05, 0) is 47.5 Å². The molecule has 0 bridgehead atoms. The fourth-order valence-electron chi connectivity index (χ4n) is 2.67. The molecule has 2 N–H and O–H groups in total. The van der Waals surface area contributed by atoms with Crippen LogP contribution in [0.5, 0.6) is 0 Å². The number of hydrogen-bond donors (Lipinski definition) is 1. The fraction of sp³-hybridized carbons (Fsp3) is 0.867. The molecule has 0 saturated carbocycles. The lowest BCUT2D eigenvalue weighted by atomic mass is 9.99. The minimum absolute atomic E-state index is 0.138. The molecule has 1 aliphatic rings. The largest absolute Gasteiger partial charge is 0.373 e. The molecule has 1 fully saturated rings. The van der Waals surface area contributed by atoms with Crippen LogP contribution >= 0.6 is 0 Å². The predicted octanol–water partition coefficient (Wildman–Crippen LogP) is 2.56. The van der Waals surface area contributed by atoms with Crippen molar-refractivity contribution in [1.29, 1.82) is 0 Å². The van der Waals surface area contributed by atoms with Gasteiger partial charge in [0.25, 0.3) is 0 Å². The number of morpholine rings is 1. The van der Waals surface area contributed by atoms with Crippen LogP contribution < -0.4 is 5.73 Å². The summed E-state index contributed by atoms with van der Waals surface area (Å²) >= 11 is 0. The van der Waals surface area contributed by atoms with Crippen LogP contribution in [0.4, 0.5) is 0 Å². The summed E-state index contributed by atoms with van der Waals surface area (Å²) in [4.78, 5) is 2.56. The molecule has 5 unspecified atom stereocenters. The molecule has 5 atom stereocenters. The van der Waals surface area contributed by atoms with Crippen LogP contribution in [0.15, 0.2) is 12.2 Å². The molecule has 106 valence electrons. The first kappa shape index (κ1) is 15.7. The number of rotatable bonds is 5. The lowest BCUT2D eigenvalue weighted by Gasteiger charge is -2.44. The third kappa shape index (κ3) is 4.08. The Morgan fingerprint density at radius 2 is 2.00 bits per heavy atom. The van der Waals surface area contributed by atoms with Crippen LogP contribution in [0, 0.1) is 0 Å². The zero-order valence-electron chi connectivity index (χ0n) is 12.6. The maximum atomic E-state index is 6.04. The second-order valence-electron chi connectivity index (χ2n) is 5.97. The highest BCUT2D eigenvalue weighted by atomic mass is 16.5. The Morgan fingerprint density at radius 3 is 2.56 bits per heavy atom. The quantitative estimate of drug-likeness (QED) is 0.766. The molecule has 18 heavy (non-hydrogen) atoms. The molecule has 0 amide bonds. The highest BCUT2D eigenvalue weighted by molar-refractivity contribution is 4.99. The van der Waals surface area contributed by atoms with E-state index < -0.39 is 0 Å². The molecule has 3 nitrogen and oxygen atoms in total. The zero-order chi connectivity index (χ0) is 13.9. The summed E-state index contributed by atoms with van der Waals surface area (Å²) in [6.07, 6.45) is 2.78. The van der Waals surface area contributed by atoms with E-state index in [0.29, 0.717) is 24.3 Å². The van der Waals surface area contributed by atoms with E-state index in [1.807, 2.05) is 6.92 Å². The first-order valence-electron chi connectivity index (χ1n) is 7.15. The van der Waals surface area contributed by atoms with Gasteiger partial charge >= 0.3 is 0 Å². The summed E-state index contributed by atoms with van der Waals surface area (Å²) in [5, 5.41) is 0. The minimum Gasteiger partial charge on any atom is -0.373 e. The van der Waals surface area contributed by atoms with Crippen LogP contribution in [0.1, 0.15) is 47.5 Å². The van der Waals surface area contributed by atoms with Crippen molar-refractivity contribution in [2.24, 2.45) is 5.73 Å². The van der Waals surface area contributed by atoms with Gasteiger partial charge in [-0.1, -0.05) is 12.2 Å². The lowest BCUT2D eigenvalue weighted by Crippen LogP contribution is -2.55. The summed E-state index contributed by atoms with van der Waals surface area (Å²) in [6, 6.07) is 1.18. The number of nitrogens with zero attached hydrogens (tertiary/aromatic N) is 1. The average molecular weight is 254 g/mol. The molecule has 0 aliphatic carbocycles. The van der Waals surface area contributed by atoms with Crippen molar-refractivity contribution in [3.8, 4) is 0 Å². The summed E-state index contributed by atoms with van der Waals surface area (Å²) in [6.45, 7) is 15.8. The van der Waals surface area contributed by atoms with Gasteiger partial charge in [0, 0.05) is 24.7 Å². The van der Waals surface area contributed by atoms with Gasteiger partial charge in [-0.25, -0.2) is 0 Å². The summed E-state index contributed by atoms with van der Waals surface area (Å²) in [7, 11) is 0. The molecule has 1 heterocycles. The van der Waals surface area contributed by atoms with Crippen molar-refractivity contribution in [1.82, 2.24) is 4.90 Å².